The van der Waals surface area contributed by atoms with Crippen LogP contribution in [0.2, 0.25) is 0 Å². The number of hydrogen-bond acceptors (Lipinski definition) is 3. The first kappa shape index (κ1) is 16.5. The fourth-order valence-electron chi connectivity index (χ4n) is 3.35. The van der Waals surface area contributed by atoms with E-state index in [1.165, 1.54) is 0 Å². The van der Waals surface area contributed by atoms with Crippen LogP contribution in [0.1, 0.15) is 44.3 Å². The van der Waals surface area contributed by atoms with Gasteiger partial charge in [-0.15, -0.1) is 0 Å². The zero-order chi connectivity index (χ0) is 17.3. The summed E-state index contributed by atoms with van der Waals surface area (Å²) >= 11 is 0. The van der Waals surface area contributed by atoms with Gasteiger partial charge in [-0.2, -0.15) is 0 Å². The number of aliphatic hydroxyl groups is 1. The molecule has 3 rings (SSSR count). The van der Waals surface area contributed by atoms with Crippen molar-refractivity contribution >= 4 is 5.91 Å². The lowest BCUT2D eigenvalue weighted by Crippen LogP contribution is -2.29. The number of hydrogen-bond donors (Lipinski definition) is 2. The van der Waals surface area contributed by atoms with Crippen LogP contribution in [0.5, 0.6) is 5.75 Å². The zero-order valence-corrected chi connectivity index (χ0v) is 14.3. The van der Waals surface area contributed by atoms with Crippen LogP contribution >= 0.6 is 0 Å². The van der Waals surface area contributed by atoms with Gasteiger partial charge in [-0.3, -0.25) is 4.79 Å². The van der Waals surface area contributed by atoms with Crippen molar-refractivity contribution in [2.45, 2.75) is 33.3 Å². The SMILES string of the molecule is Cc1cc(C)c(C(=O)NCC(O)c2ccc3c(c2)CCO3)c(C)c1. The maximum atomic E-state index is 12.5. The van der Waals surface area contributed by atoms with Crippen LogP contribution in [-0.4, -0.2) is 24.2 Å². The Morgan fingerprint density at radius 1 is 1.21 bits per heavy atom. The van der Waals surface area contributed by atoms with Gasteiger partial charge >= 0.3 is 0 Å². The van der Waals surface area contributed by atoms with Gasteiger partial charge in [-0.1, -0.05) is 23.8 Å². The molecule has 0 bridgehead atoms. The fraction of sp³-hybridized carbons (Fsp3) is 0.350. The molecule has 0 aromatic heterocycles. The molecule has 1 heterocycles. The second-order valence-corrected chi connectivity index (χ2v) is 6.47. The number of rotatable bonds is 4. The molecule has 1 aliphatic heterocycles. The highest BCUT2D eigenvalue weighted by atomic mass is 16.5. The molecule has 0 radical (unpaired) electrons. The van der Waals surface area contributed by atoms with Crippen LogP contribution < -0.4 is 10.1 Å². The molecule has 4 heteroatoms. The topological polar surface area (TPSA) is 58.6 Å². The van der Waals surface area contributed by atoms with Crippen molar-refractivity contribution in [2.24, 2.45) is 0 Å². The van der Waals surface area contributed by atoms with Gasteiger partial charge in [-0.05, 0) is 55.2 Å². The molecule has 2 aromatic rings. The summed E-state index contributed by atoms with van der Waals surface area (Å²) in [7, 11) is 0. The maximum absolute atomic E-state index is 12.5. The van der Waals surface area contributed by atoms with Gasteiger partial charge in [0.1, 0.15) is 5.75 Å². The second kappa shape index (κ2) is 6.65. The van der Waals surface area contributed by atoms with Crippen LogP contribution in [0.25, 0.3) is 0 Å². The number of carbonyl (C=O) groups excluding carboxylic acids is 1. The summed E-state index contributed by atoms with van der Waals surface area (Å²) in [5.41, 5.74) is 5.65. The highest BCUT2D eigenvalue weighted by Crippen LogP contribution is 2.28. The maximum Gasteiger partial charge on any atom is 0.251 e. The Morgan fingerprint density at radius 2 is 1.92 bits per heavy atom. The summed E-state index contributed by atoms with van der Waals surface area (Å²) in [6, 6.07) is 9.69. The molecule has 4 nitrogen and oxygen atoms in total. The molecule has 0 saturated heterocycles. The van der Waals surface area contributed by atoms with Gasteiger partial charge < -0.3 is 15.2 Å². The molecular weight excluding hydrogens is 302 g/mol. The van der Waals surface area contributed by atoms with Crippen molar-refractivity contribution in [2.75, 3.05) is 13.2 Å². The van der Waals surface area contributed by atoms with Crippen LogP contribution in [0.3, 0.4) is 0 Å². The van der Waals surface area contributed by atoms with Gasteiger partial charge in [0, 0.05) is 18.5 Å². The van der Waals surface area contributed by atoms with Gasteiger partial charge in [0.05, 0.1) is 12.7 Å². The largest absolute Gasteiger partial charge is 0.493 e. The molecule has 2 N–H and O–H groups in total. The quantitative estimate of drug-likeness (QED) is 0.908. The van der Waals surface area contributed by atoms with Crippen LogP contribution in [0.15, 0.2) is 30.3 Å². The third kappa shape index (κ3) is 3.29. The van der Waals surface area contributed by atoms with E-state index < -0.39 is 6.10 Å². The van der Waals surface area contributed by atoms with Gasteiger partial charge in [0.15, 0.2) is 0 Å². The van der Waals surface area contributed by atoms with Crippen molar-refractivity contribution in [3.8, 4) is 5.75 Å². The zero-order valence-electron chi connectivity index (χ0n) is 14.3. The lowest BCUT2D eigenvalue weighted by Gasteiger charge is -2.15. The average Bonchev–Trinajstić information content (AvgIpc) is 2.99. The van der Waals surface area contributed by atoms with Gasteiger partial charge in [0.2, 0.25) is 0 Å². The smallest absolute Gasteiger partial charge is 0.251 e. The van der Waals surface area contributed by atoms with E-state index in [-0.39, 0.29) is 12.5 Å². The fourth-order valence-corrected chi connectivity index (χ4v) is 3.35. The Morgan fingerprint density at radius 3 is 2.62 bits per heavy atom. The van der Waals surface area contributed by atoms with E-state index in [0.717, 1.165) is 40.0 Å². The Balaban J connectivity index is 1.68. The lowest BCUT2D eigenvalue weighted by molar-refractivity contribution is 0.0915. The predicted molar refractivity (Wildman–Crippen MR) is 93.6 cm³/mol. The molecule has 24 heavy (non-hydrogen) atoms. The normalized spacial score (nSPS) is 14.0. The molecule has 1 amide bonds. The number of amides is 1. The van der Waals surface area contributed by atoms with Crippen LogP contribution in [0.4, 0.5) is 0 Å². The molecule has 2 aromatic carbocycles. The highest BCUT2D eigenvalue weighted by molar-refractivity contribution is 5.97. The Labute approximate surface area is 142 Å². The average molecular weight is 325 g/mol. The monoisotopic (exact) mass is 325 g/mol. The molecule has 1 unspecified atom stereocenters. The third-order valence-corrected chi connectivity index (χ3v) is 4.46. The van der Waals surface area contributed by atoms with E-state index in [1.54, 1.807) is 0 Å². The van der Waals surface area contributed by atoms with Crippen LogP contribution in [0, 0.1) is 20.8 Å². The number of carbonyl (C=O) groups is 1. The minimum Gasteiger partial charge on any atom is -0.493 e. The number of benzene rings is 2. The van der Waals surface area contributed by atoms with Gasteiger partial charge in [0.25, 0.3) is 5.91 Å². The van der Waals surface area contributed by atoms with E-state index in [2.05, 4.69) is 5.32 Å². The number of ether oxygens (including phenoxy) is 1. The third-order valence-electron chi connectivity index (χ3n) is 4.46. The summed E-state index contributed by atoms with van der Waals surface area (Å²) in [6.45, 7) is 6.77. The van der Waals surface area contributed by atoms with Crippen molar-refractivity contribution in [3.05, 3.63) is 63.7 Å². The predicted octanol–water partition coefficient (Wildman–Crippen LogP) is 3.01. The minimum atomic E-state index is -0.731. The first-order valence-electron chi connectivity index (χ1n) is 8.25. The van der Waals surface area contributed by atoms with Crippen molar-refractivity contribution < 1.29 is 14.6 Å². The van der Waals surface area contributed by atoms with E-state index in [0.29, 0.717) is 12.2 Å². The standard InChI is InChI=1S/C20H23NO3/c1-12-8-13(2)19(14(3)9-12)20(23)21-11-17(22)15-4-5-18-16(10-15)6-7-24-18/h4-5,8-10,17,22H,6-7,11H2,1-3H3,(H,21,23). The van der Waals surface area contributed by atoms with Crippen LogP contribution in [-0.2, 0) is 6.42 Å². The first-order valence-corrected chi connectivity index (χ1v) is 8.25. The molecule has 0 spiro atoms. The molecule has 0 fully saturated rings. The Kier molecular flexibility index (Phi) is 4.58. The van der Waals surface area contributed by atoms with E-state index in [1.807, 2.05) is 51.1 Å². The highest BCUT2D eigenvalue weighted by Gasteiger charge is 2.17. The number of aliphatic hydroxyl groups excluding tert-OH is 1. The second-order valence-electron chi connectivity index (χ2n) is 6.47. The Hall–Kier alpha value is -2.33. The summed E-state index contributed by atoms with van der Waals surface area (Å²) in [5.74, 6) is 0.745. The number of aryl methyl sites for hydroxylation is 3. The Bertz CT molecular complexity index is 759. The summed E-state index contributed by atoms with van der Waals surface area (Å²) in [6.07, 6.45) is 0.134. The van der Waals surface area contributed by atoms with E-state index in [9.17, 15) is 9.90 Å². The number of nitrogens with one attached hydrogen (secondary N) is 1. The van der Waals surface area contributed by atoms with Gasteiger partial charge in [-0.25, -0.2) is 0 Å². The first-order chi connectivity index (χ1) is 11.5. The lowest BCUT2D eigenvalue weighted by atomic mass is 9.99. The molecule has 0 aliphatic carbocycles. The molecule has 0 saturated carbocycles. The van der Waals surface area contributed by atoms with Crippen molar-refractivity contribution in [3.63, 3.8) is 0 Å². The van der Waals surface area contributed by atoms with E-state index in [4.69, 9.17) is 4.74 Å². The summed E-state index contributed by atoms with van der Waals surface area (Å²) < 4.78 is 5.47. The molecule has 1 aliphatic rings. The van der Waals surface area contributed by atoms with Crippen molar-refractivity contribution in [1.29, 1.82) is 0 Å². The summed E-state index contributed by atoms with van der Waals surface area (Å²) in [5, 5.41) is 13.2. The summed E-state index contributed by atoms with van der Waals surface area (Å²) in [4.78, 5) is 12.5. The molecule has 126 valence electrons. The molecular formula is C20H23NO3. The minimum absolute atomic E-state index is 0.145. The van der Waals surface area contributed by atoms with E-state index >= 15 is 0 Å². The number of fused-ring (bicyclic) bond motifs is 1. The molecule has 1 atom stereocenters. The van der Waals surface area contributed by atoms with Crippen molar-refractivity contribution in [1.82, 2.24) is 5.32 Å².